The Hall–Kier alpha value is 0.134. The first kappa shape index (κ1) is 14.1. The molecule has 0 N–H and O–H groups in total. The van der Waals surface area contributed by atoms with Crippen LogP contribution in [0.25, 0.3) is 0 Å². The van der Waals surface area contributed by atoms with Crippen molar-refractivity contribution in [1.29, 1.82) is 0 Å². The SMILES string of the molecule is C=C(C[Si](C)(C)C)C(C)O[Si](C)(C)C. The van der Waals surface area contributed by atoms with Gasteiger partial charge < -0.3 is 4.43 Å². The lowest BCUT2D eigenvalue weighted by molar-refractivity contribution is 0.250. The molecule has 0 radical (unpaired) electrons. The molecule has 0 bridgehead atoms. The van der Waals surface area contributed by atoms with Crippen LogP contribution in [0.4, 0.5) is 0 Å². The third-order valence-electron chi connectivity index (χ3n) is 1.86. The average Bonchev–Trinajstić information content (AvgIpc) is 1.78. The number of rotatable bonds is 5. The van der Waals surface area contributed by atoms with Crippen molar-refractivity contribution >= 4 is 16.4 Å². The summed E-state index contributed by atoms with van der Waals surface area (Å²) in [4.78, 5) is 0. The van der Waals surface area contributed by atoms with Gasteiger partial charge in [-0.2, -0.15) is 0 Å². The summed E-state index contributed by atoms with van der Waals surface area (Å²) in [5.41, 5.74) is 1.28. The molecule has 1 nitrogen and oxygen atoms in total. The van der Waals surface area contributed by atoms with E-state index in [1.165, 1.54) is 11.6 Å². The van der Waals surface area contributed by atoms with Crippen LogP contribution in [0, 0.1) is 0 Å². The summed E-state index contributed by atoms with van der Waals surface area (Å²) in [5, 5.41) is 0. The molecule has 14 heavy (non-hydrogen) atoms. The molecule has 3 heteroatoms. The van der Waals surface area contributed by atoms with E-state index in [0.717, 1.165) is 0 Å². The molecule has 1 atom stereocenters. The molecule has 0 amide bonds. The summed E-state index contributed by atoms with van der Waals surface area (Å²) >= 11 is 0. The normalized spacial score (nSPS) is 15.4. The van der Waals surface area contributed by atoms with Crippen molar-refractivity contribution in [3.8, 4) is 0 Å². The molecule has 0 aliphatic heterocycles. The van der Waals surface area contributed by atoms with Gasteiger partial charge in [0.15, 0.2) is 8.32 Å². The Bertz CT molecular complexity index is 198. The van der Waals surface area contributed by atoms with Crippen LogP contribution in [-0.4, -0.2) is 22.5 Å². The molecule has 0 aromatic rings. The van der Waals surface area contributed by atoms with Crippen LogP contribution in [0.1, 0.15) is 6.92 Å². The van der Waals surface area contributed by atoms with Gasteiger partial charge in [-0.15, -0.1) is 0 Å². The zero-order valence-corrected chi connectivity index (χ0v) is 12.9. The zero-order chi connectivity index (χ0) is 11.6. The van der Waals surface area contributed by atoms with Gasteiger partial charge in [-0.05, 0) is 32.6 Å². The van der Waals surface area contributed by atoms with E-state index in [9.17, 15) is 0 Å². The van der Waals surface area contributed by atoms with E-state index in [-0.39, 0.29) is 6.10 Å². The minimum Gasteiger partial charge on any atom is -0.411 e. The molecule has 0 spiro atoms. The Morgan fingerprint density at radius 2 is 1.57 bits per heavy atom. The van der Waals surface area contributed by atoms with E-state index in [1.54, 1.807) is 0 Å². The molecule has 84 valence electrons. The Morgan fingerprint density at radius 1 is 1.14 bits per heavy atom. The summed E-state index contributed by atoms with van der Waals surface area (Å²) in [7, 11) is -2.43. The average molecular weight is 230 g/mol. The second kappa shape index (κ2) is 4.77. The minimum atomic E-state index is -1.40. The van der Waals surface area contributed by atoms with Gasteiger partial charge in [-0.1, -0.05) is 31.8 Å². The van der Waals surface area contributed by atoms with E-state index in [2.05, 4.69) is 52.8 Å². The van der Waals surface area contributed by atoms with Crippen molar-refractivity contribution in [3.63, 3.8) is 0 Å². The van der Waals surface area contributed by atoms with Gasteiger partial charge in [0.25, 0.3) is 0 Å². The summed E-state index contributed by atoms with van der Waals surface area (Å²) in [6.07, 6.45) is 0.244. The van der Waals surface area contributed by atoms with Crippen LogP contribution in [0.15, 0.2) is 12.2 Å². The first-order valence-electron chi connectivity index (χ1n) is 5.37. The predicted molar refractivity (Wildman–Crippen MR) is 71.2 cm³/mol. The van der Waals surface area contributed by atoms with Gasteiger partial charge >= 0.3 is 0 Å². The topological polar surface area (TPSA) is 9.23 Å². The first-order valence-corrected chi connectivity index (χ1v) is 12.5. The van der Waals surface area contributed by atoms with Crippen molar-refractivity contribution in [2.75, 3.05) is 0 Å². The van der Waals surface area contributed by atoms with Crippen molar-refractivity contribution in [2.45, 2.75) is 58.4 Å². The molecule has 0 aromatic carbocycles. The van der Waals surface area contributed by atoms with E-state index in [4.69, 9.17) is 4.43 Å². The van der Waals surface area contributed by atoms with Crippen molar-refractivity contribution in [2.24, 2.45) is 0 Å². The third-order valence-corrected chi connectivity index (χ3v) is 4.44. The van der Waals surface area contributed by atoms with Crippen molar-refractivity contribution in [1.82, 2.24) is 0 Å². The molecule has 0 aliphatic rings. The lowest BCUT2D eigenvalue weighted by Gasteiger charge is -2.27. The van der Waals surface area contributed by atoms with E-state index < -0.39 is 16.4 Å². The lowest BCUT2D eigenvalue weighted by Crippen LogP contribution is -2.33. The molecule has 0 saturated heterocycles. The first-order chi connectivity index (χ1) is 6.01. The highest BCUT2D eigenvalue weighted by atomic mass is 28.4. The molecular formula is C11H26OSi2. The molecule has 0 rings (SSSR count). The summed E-state index contributed by atoms with van der Waals surface area (Å²) in [6, 6.07) is 1.18. The van der Waals surface area contributed by atoms with Gasteiger partial charge in [0, 0.05) is 8.07 Å². The summed E-state index contributed by atoms with van der Waals surface area (Å²) < 4.78 is 6.01. The van der Waals surface area contributed by atoms with Crippen LogP contribution in [-0.2, 0) is 4.43 Å². The standard InChI is InChI=1S/C11H26OSi2/c1-10(9-13(3,4)5)11(2)12-14(6,7)8/h11H,1,9H2,2-8H3. The molecule has 1 unspecified atom stereocenters. The van der Waals surface area contributed by atoms with Gasteiger partial charge in [-0.25, -0.2) is 0 Å². The smallest absolute Gasteiger partial charge is 0.184 e. The van der Waals surface area contributed by atoms with Crippen LogP contribution < -0.4 is 0 Å². The zero-order valence-electron chi connectivity index (χ0n) is 10.9. The second-order valence-electron chi connectivity index (χ2n) is 6.27. The maximum atomic E-state index is 6.01. The Kier molecular flexibility index (Phi) is 4.82. The van der Waals surface area contributed by atoms with Crippen LogP contribution >= 0.6 is 0 Å². The van der Waals surface area contributed by atoms with Crippen LogP contribution in [0.3, 0.4) is 0 Å². The highest BCUT2D eigenvalue weighted by molar-refractivity contribution is 6.76. The highest BCUT2D eigenvalue weighted by Crippen LogP contribution is 2.21. The summed E-state index contributed by atoms with van der Waals surface area (Å²) in [5.74, 6) is 0. The van der Waals surface area contributed by atoms with E-state index >= 15 is 0 Å². The van der Waals surface area contributed by atoms with E-state index in [0.29, 0.717) is 0 Å². The molecule has 0 fully saturated rings. The Balaban J connectivity index is 4.15. The van der Waals surface area contributed by atoms with Gasteiger partial charge in [0.2, 0.25) is 0 Å². The maximum Gasteiger partial charge on any atom is 0.184 e. The predicted octanol–water partition coefficient (Wildman–Crippen LogP) is 4.12. The van der Waals surface area contributed by atoms with Crippen LogP contribution in [0.5, 0.6) is 0 Å². The van der Waals surface area contributed by atoms with E-state index in [1.807, 2.05) is 0 Å². The Labute approximate surface area is 91.7 Å². The molecule has 0 aromatic heterocycles. The fourth-order valence-corrected chi connectivity index (χ4v) is 4.32. The maximum absolute atomic E-state index is 6.01. The monoisotopic (exact) mass is 230 g/mol. The molecule has 0 heterocycles. The van der Waals surface area contributed by atoms with Crippen molar-refractivity contribution in [3.05, 3.63) is 12.2 Å². The van der Waals surface area contributed by atoms with Gasteiger partial charge in [0.1, 0.15) is 0 Å². The molecular weight excluding hydrogens is 204 g/mol. The van der Waals surface area contributed by atoms with Gasteiger partial charge in [-0.3, -0.25) is 0 Å². The highest BCUT2D eigenvalue weighted by Gasteiger charge is 2.23. The fourth-order valence-electron chi connectivity index (χ4n) is 1.44. The summed E-state index contributed by atoms with van der Waals surface area (Å²) in [6.45, 7) is 20.1. The fraction of sp³-hybridized carbons (Fsp3) is 0.818. The molecule has 0 saturated carbocycles. The van der Waals surface area contributed by atoms with Crippen molar-refractivity contribution < 1.29 is 4.43 Å². The number of hydrogen-bond acceptors (Lipinski definition) is 1. The largest absolute Gasteiger partial charge is 0.411 e. The lowest BCUT2D eigenvalue weighted by atomic mass is 10.2. The second-order valence-corrected chi connectivity index (χ2v) is 16.2. The number of hydrogen-bond donors (Lipinski definition) is 0. The quantitative estimate of drug-likeness (QED) is 0.510. The molecule has 0 aliphatic carbocycles. The van der Waals surface area contributed by atoms with Crippen LogP contribution in [0.2, 0.25) is 45.3 Å². The van der Waals surface area contributed by atoms with Gasteiger partial charge in [0.05, 0.1) is 6.10 Å². The Morgan fingerprint density at radius 3 is 1.86 bits per heavy atom. The minimum absolute atomic E-state index is 0.244. The third kappa shape index (κ3) is 7.53.